The molecular formula is C23H28F3N5O3. The molecular weight excluding hydrogens is 451 g/mol. The number of aromatic nitrogens is 3. The summed E-state index contributed by atoms with van der Waals surface area (Å²) >= 11 is 0. The Morgan fingerprint density at radius 3 is 2.21 bits per heavy atom. The minimum Gasteiger partial charge on any atom is -0.475 e. The molecule has 2 aromatic rings. The van der Waals surface area contributed by atoms with Crippen molar-refractivity contribution >= 4 is 11.9 Å². The van der Waals surface area contributed by atoms with Crippen LogP contribution < -0.4 is 0 Å². The lowest BCUT2D eigenvalue weighted by Gasteiger charge is -2.39. The molecule has 0 bridgehead atoms. The van der Waals surface area contributed by atoms with E-state index < -0.39 is 12.1 Å². The summed E-state index contributed by atoms with van der Waals surface area (Å²) in [7, 11) is 0. The van der Waals surface area contributed by atoms with Crippen LogP contribution >= 0.6 is 0 Å². The van der Waals surface area contributed by atoms with Gasteiger partial charge in [0.05, 0.1) is 0 Å². The second-order valence-corrected chi connectivity index (χ2v) is 9.27. The number of alkyl halides is 3. The zero-order valence-electron chi connectivity index (χ0n) is 18.8. The first kappa shape index (κ1) is 24.2. The molecule has 4 heterocycles. The van der Waals surface area contributed by atoms with Crippen molar-refractivity contribution in [1.29, 1.82) is 0 Å². The number of hydrogen-bond donors (Lipinski definition) is 1. The fourth-order valence-electron chi connectivity index (χ4n) is 4.94. The number of halogens is 3. The van der Waals surface area contributed by atoms with E-state index in [4.69, 9.17) is 9.90 Å². The van der Waals surface area contributed by atoms with E-state index in [1.807, 2.05) is 4.90 Å². The predicted molar refractivity (Wildman–Crippen MR) is 116 cm³/mol. The van der Waals surface area contributed by atoms with Crippen LogP contribution in [-0.4, -0.2) is 73.9 Å². The SMILES string of the molecule is O=C(O)C(F)(F)F.O=C(c1nnc2n1CC1(CCN(Cc3ccccc3)CC1)C2)N1CCCC1. The number of benzene rings is 1. The Labute approximate surface area is 195 Å². The molecule has 2 saturated heterocycles. The highest BCUT2D eigenvalue weighted by atomic mass is 19.4. The second kappa shape index (κ2) is 9.73. The lowest BCUT2D eigenvalue weighted by molar-refractivity contribution is -0.192. The highest BCUT2D eigenvalue weighted by Gasteiger charge is 2.43. The molecule has 3 aliphatic heterocycles. The number of piperidine rings is 1. The average Bonchev–Trinajstić information content (AvgIpc) is 3.53. The van der Waals surface area contributed by atoms with Gasteiger partial charge in [0, 0.05) is 32.6 Å². The molecule has 0 aliphatic carbocycles. The molecule has 2 fully saturated rings. The minimum absolute atomic E-state index is 0.0739. The van der Waals surface area contributed by atoms with Crippen molar-refractivity contribution in [3.63, 3.8) is 0 Å². The first-order valence-electron chi connectivity index (χ1n) is 11.4. The van der Waals surface area contributed by atoms with Gasteiger partial charge in [0.25, 0.3) is 5.91 Å². The van der Waals surface area contributed by atoms with Gasteiger partial charge in [-0.2, -0.15) is 13.2 Å². The van der Waals surface area contributed by atoms with E-state index in [0.29, 0.717) is 5.82 Å². The number of carboxylic acid groups (broad SMARTS) is 1. The smallest absolute Gasteiger partial charge is 0.475 e. The molecule has 1 amide bonds. The summed E-state index contributed by atoms with van der Waals surface area (Å²) in [5.74, 6) is -1.11. The lowest BCUT2D eigenvalue weighted by atomic mass is 9.77. The number of nitrogens with zero attached hydrogens (tertiary/aromatic N) is 5. The zero-order chi connectivity index (χ0) is 24.3. The first-order chi connectivity index (χ1) is 16.2. The van der Waals surface area contributed by atoms with E-state index in [0.717, 1.165) is 64.4 Å². The molecule has 8 nitrogen and oxygen atoms in total. The van der Waals surface area contributed by atoms with Crippen molar-refractivity contribution in [1.82, 2.24) is 24.6 Å². The molecule has 34 heavy (non-hydrogen) atoms. The Morgan fingerprint density at radius 2 is 1.62 bits per heavy atom. The molecule has 1 spiro atoms. The van der Waals surface area contributed by atoms with Crippen molar-refractivity contribution in [2.24, 2.45) is 5.41 Å². The maximum atomic E-state index is 12.8. The van der Waals surface area contributed by atoms with E-state index in [9.17, 15) is 18.0 Å². The van der Waals surface area contributed by atoms with Crippen LogP contribution in [0.3, 0.4) is 0 Å². The van der Waals surface area contributed by atoms with Gasteiger partial charge in [0.1, 0.15) is 5.82 Å². The third kappa shape index (κ3) is 5.40. The highest BCUT2D eigenvalue weighted by Crippen LogP contribution is 2.41. The number of carbonyl (C=O) groups excluding carboxylic acids is 1. The van der Waals surface area contributed by atoms with Gasteiger partial charge in [0.15, 0.2) is 0 Å². The molecule has 0 unspecified atom stereocenters. The van der Waals surface area contributed by atoms with Gasteiger partial charge in [-0.25, -0.2) is 4.79 Å². The van der Waals surface area contributed by atoms with Crippen LogP contribution in [0, 0.1) is 5.41 Å². The van der Waals surface area contributed by atoms with Crippen molar-refractivity contribution in [2.45, 2.75) is 51.4 Å². The van der Waals surface area contributed by atoms with Gasteiger partial charge < -0.3 is 14.6 Å². The topological polar surface area (TPSA) is 91.6 Å². The maximum Gasteiger partial charge on any atom is 0.490 e. The summed E-state index contributed by atoms with van der Waals surface area (Å²) in [5.41, 5.74) is 1.65. The van der Waals surface area contributed by atoms with Crippen LogP contribution in [0.5, 0.6) is 0 Å². The zero-order valence-corrected chi connectivity index (χ0v) is 18.8. The Hall–Kier alpha value is -2.95. The van der Waals surface area contributed by atoms with Gasteiger partial charge in [-0.15, -0.1) is 10.2 Å². The first-order valence-corrected chi connectivity index (χ1v) is 11.4. The minimum atomic E-state index is -5.08. The van der Waals surface area contributed by atoms with E-state index in [-0.39, 0.29) is 11.3 Å². The number of likely N-dealkylation sites (tertiary alicyclic amines) is 2. The quantitative estimate of drug-likeness (QED) is 0.728. The number of amides is 1. The van der Waals surface area contributed by atoms with Gasteiger partial charge in [-0.05, 0) is 49.8 Å². The molecule has 0 saturated carbocycles. The van der Waals surface area contributed by atoms with Crippen LogP contribution in [0.15, 0.2) is 30.3 Å². The lowest BCUT2D eigenvalue weighted by Crippen LogP contribution is -2.41. The van der Waals surface area contributed by atoms with Gasteiger partial charge in [0.2, 0.25) is 5.82 Å². The monoisotopic (exact) mass is 479 g/mol. The van der Waals surface area contributed by atoms with E-state index in [2.05, 4.69) is 50.0 Å². The normalized spacial score (nSPS) is 19.6. The van der Waals surface area contributed by atoms with Crippen molar-refractivity contribution in [3.05, 3.63) is 47.5 Å². The van der Waals surface area contributed by atoms with Crippen molar-refractivity contribution in [2.75, 3.05) is 26.2 Å². The average molecular weight is 480 g/mol. The molecule has 1 aromatic carbocycles. The molecule has 11 heteroatoms. The summed E-state index contributed by atoms with van der Waals surface area (Å²) in [4.78, 5) is 26.2. The van der Waals surface area contributed by atoms with Gasteiger partial charge >= 0.3 is 12.1 Å². The third-order valence-electron chi connectivity index (χ3n) is 6.85. The molecule has 3 aliphatic rings. The molecule has 184 valence electrons. The Balaban J connectivity index is 0.000000344. The fraction of sp³-hybridized carbons (Fsp3) is 0.565. The Morgan fingerprint density at radius 1 is 1.00 bits per heavy atom. The van der Waals surface area contributed by atoms with Crippen LogP contribution in [0.2, 0.25) is 0 Å². The number of hydrogen-bond acceptors (Lipinski definition) is 5. The fourth-order valence-corrected chi connectivity index (χ4v) is 4.94. The summed E-state index contributed by atoms with van der Waals surface area (Å²) in [6.45, 7) is 5.89. The van der Waals surface area contributed by atoms with Crippen LogP contribution in [0.25, 0.3) is 0 Å². The summed E-state index contributed by atoms with van der Waals surface area (Å²) in [6, 6.07) is 10.7. The standard InChI is InChI=1S/C21H27N5O.C2HF3O2/c27-20(25-10-4-5-11-25)19-23-22-18-14-21(16-26(18)19)8-12-24(13-9-21)15-17-6-2-1-3-7-17;3-2(4,5)1(6)7/h1-3,6-7H,4-5,8-16H2;(H,6,7). The number of carbonyl (C=O) groups is 2. The number of aliphatic carboxylic acids is 1. The van der Waals surface area contributed by atoms with Gasteiger partial charge in [-0.3, -0.25) is 9.69 Å². The summed E-state index contributed by atoms with van der Waals surface area (Å²) < 4.78 is 33.9. The molecule has 1 aromatic heterocycles. The molecule has 5 rings (SSSR count). The Bertz CT molecular complexity index is 1010. The second-order valence-electron chi connectivity index (χ2n) is 9.27. The summed E-state index contributed by atoms with van der Waals surface area (Å²) in [5, 5.41) is 15.7. The van der Waals surface area contributed by atoms with Crippen LogP contribution in [-0.2, 0) is 24.3 Å². The van der Waals surface area contributed by atoms with E-state index >= 15 is 0 Å². The van der Waals surface area contributed by atoms with Gasteiger partial charge in [-0.1, -0.05) is 30.3 Å². The van der Waals surface area contributed by atoms with E-state index in [1.165, 1.54) is 18.4 Å². The molecule has 1 N–H and O–H groups in total. The Kier molecular flexibility index (Phi) is 6.92. The largest absolute Gasteiger partial charge is 0.490 e. The highest BCUT2D eigenvalue weighted by molar-refractivity contribution is 5.91. The third-order valence-corrected chi connectivity index (χ3v) is 6.85. The number of carboxylic acids is 1. The van der Waals surface area contributed by atoms with Crippen LogP contribution in [0.1, 0.15) is 47.7 Å². The number of rotatable bonds is 3. The van der Waals surface area contributed by atoms with Crippen LogP contribution in [0.4, 0.5) is 13.2 Å². The van der Waals surface area contributed by atoms with E-state index in [1.54, 1.807) is 0 Å². The number of fused-ring (bicyclic) bond motifs is 1. The maximum absolute atomic E-state index is 12.8. The van der Waals surface area contributed by atoms with Crippen molar-refractivity contribution < 1.29 is 27.9 Å². The predicted octanol–water partition coefficient (Wildman–Crippen LogP) is 2.99. The molecule has 0 atom stereocenters. The molecule has 0 radical (unpaired) electrons. The van der Waals surface area contributed by atoms with Crippen molar-refractivity contribution in [3.8, 4) is 0 Å². The summed E-state index contributed by atoms with van der Waals surface area (Å²) in [6.07, 6.45) is 0.426.